The zero-order chi connectivity index (χ0) is 50.6. The molecular formula is C72H50N2S2. The number of nitrogens with zero attached hydrogens (tertiary/aromatic N) is 2. The highest BCUT2D eigenvalue weighted by molar-refractivity contribution is 7.26. The molecule has 2 aliphatic rings. The third-order valence-electron chi connectivity index (χ3n) is 17.2. The number of fused-ring (bicyclic) bond motifs is 13. The molecule has 0 saturated carbocycles. The van der Waals surface area contributed by atoms with Crippen molar-refractivity contribution in [2.24, 2.45) is 0 Å². The maximum Gasteiger partial charge on any atom is 0.0724 e. The van der Waals surface area contributed by atoms with Crippen LogP contribution < -0.4 is 0 Å². The first-order valence-electron chi connectivity index (χ1n) is 26.5. The monoisotopic (exact) mass is 1010 g/mol. The van der Waals surface area contributed by atoms with Gasteiger partial charge in [-0.2, -0.15) is 0 Å². The molecule has 0 N–H and O–H groups in total. The number of hydrogen-bond acceptors (Lipinski definition) is 2. The molecule has 2 aliphatic carbocycles. The molecule has 0 aliphatic heterocycles. The van der Waals surface area contributed by atoms with Crippen molar-refractivity contribution in [1.29, 1.82) is 0 Å². The van der Waals surface area contributed by atoms with Crippen LogP contribution in [-0.2, 0) is 10.8 Å². The minimum atomic E-state index is -0.155. The van der Waals surface area contributed by atoms with Crippen molar-refractivity contribution in [1.82, 2.24) is 9.13 Å². The van der Waals surface area contributed by atoms with E-state index < -0.39 is 0 Å². The number of benzene rings is 10. The van der Waals surface area contributed by atoms with Gasteiger partial charge in [0.05, 0.1) is 22.4 Å². The van der Waals surface area contributed by atoms with Crippen molar-refractivity contribution in [3.05, 3.63) is 253 Å². The lowest BCUT2D eigenvalue weighted by Gasteiger charge is -2.22. The summed E-state index contributed by atoms with van der Waals surface area (Å²) in [5.41, 5.74) is 24.8. The van der Waals surface area contributed by atoms with Gasteiger partial charge < -0.3 is 9.13 Å². The molecule has 4 heteroatoms. The molecule has 4 aromatic heterocycles. The lowest BCUT2D eigenvalue weighted by atomic mass is 9.82. The molecule has 0 unspecified atom stereocenters. The van der Waals surface area contributed by atoms with Gasteiger partial charge in [0.1, 0.15) is 0 Å². The van der Waals surface area contributed by atoms with E-state index in [4.69, 9.17) is 0 Å². The van der Waals surface area contributed by atoms with Crippen molar-refractivity contribution >= 4 is 74.1 Å². The molecule has 4 heterocycles. The summed E-state index contributed by atoms with van der Waals surface area (Å²) in [6, 6.07) is 87.1. The highest BCUT2D eigenvalue weighted by Crippen LogP contribution is 2.52. The number of rotatable bonds is 6. The average molecular weight is 1010 g/mol. The van der Waals surface area contributed by atoms with E-state index in [0.717, 1.165) is 22.8 Å². The van der Waals surface area contributed by atoms with E-state index in [1.807, 2.05) is 22.7 Å². The molecule has 2 nitrogen and oxygen atoms in total. The molecule has 10 aromatic carbocycles. The first kappa shape index (κ1) is 43.8. The molecule has 0 bridgehead atoms. The smallest absolute Gasteiger partial charge is 0.0724 e. The van der Waals surface area contributed by atoms with E-state index in [1.165, 1.54) is 129 Å². The first-order chi connectivity index (χ1) is 37.2. The van der Waals surface area contributed by atoms with Gasteiger partial charge in [-0.3, -0.25) is 0 Å². The summed E-state index contributed by atoms with van der Waals surface area (Å²) in [6.07, 6.45) is 0. The van der Waals surface area contributed by atoms with Gasteiger partial charge in [-0.05, 0) is 126 Å². The van der Waals surface area contributed by atoms with Crippen LogP contribution in [0.1, 0.15) is 49.9 Å². The second kappa shape index (κ2) is 16.0. The SMILES string of the molecule is CC1(C)c2ccccc2-c2ccc(-n3c(-c4ccc(-c5cccc6c5sc5ccccc56)cc4)cc4c3cc(-c3ccc(-c5cccc6c5sc5ccccc56)cc3)n4-c3ccc4c(c3)C(C)(C)c3ccccc3-4)cc21. The zero-order valence-electron chi connectivity index (χ0n) is 42.7. The molecule has 0 radical (unpaired) electrons. The Balaban J connectivity index is 0.917. The number of aromatic nitrogens is 2. The second-order valence-electron chi connectivity index (χ2n) is 22.0. The molecule has 0 spiro atoms. The van der Waals surface area contributed by atoms with Crippen LogP contribution in [0.5, 0.6) is 0 Å². The van der Waals surface area contributed by atoms with E-state index in [9.17, 15) is 0 Å². The zero-order valence-corrected chi connectivity index (χ0v) is 44.3. The van der Waals surface area contributed by atoms with Crippen molar-refractivity contribution in [2.45, 2.75) is 38.5 Å². The Morgan fingerprint density at radius 1 is 0.289 bits per heavy atom. The molecular weight excluding hydrogens is 957 g/mol. The van der Waals surface area contributed by atoms with Crippen molar-refractivity contribution in [3.63, 3.8) is 0 Å². The fourth-order valence-electron chi connectivity index (χ4n) is 13.4. The number of thiophene rings is 2. The van der Waals surface area contributed by atoms with Gasteiger partial charge in [-0.25, -0.2) is 0 Å². The fraction of sp³-hybridized carbons (Fsp3) is 0.0833. The molecule has 0 saturated heterocycles. The van der Waals surface area contributed by atoms with Gasteiger partial charge in [0, 0.05) is 62.5 Å². The van der Waals surface area contributed by atoms with Crippen molar-refractivity contribution in [3.8, 4) is 78.4 Å². The van der Waals surface area contributed by atoms with E-state index in [1.54, 1.807) is 0 Å². The van der Waals surface area contributed by atoms with Crippen molar-refractivity contribution in [2.75, 3.05) is 0 Å². The first-order valence-corrected chi connectivity index (χ1v) is 28.1. The molecule has 14 aromatic rings. The van der Waals surface area contributed by atoms with E-state index >= 15 is 0 Å². The van der Waals surface area contributed by atoms with Crippen LogP contribution >= 0.6 is 22.7 Å². The topological polar surface area (TPSA) is 9.86 Å². The van der Waals surface area contributed by atoms with Crippen LogP contribution in [0.2, 0.25) is 0 Å². The average Bonchev–Trinajstić information content (AvgIpc) is 4.42. The summed E-state index contributed by atoms with van der Waals surface area (Å²) < 4.78 is 10.4. The van der Waals surface area contributed by atoms with Gasteiger partial charge in [-0.1, -0.05) is 210 Å². The minimum Gasteiger partial charge on any atom is -0.308 e. The quantitative estimate of drug-likeness (QED) is 0.157. The van der Waals surface area contributed by atoms with Gasteiger partial charge in [0.15, 0.2) is 0 Å². The minimum absolute atomic E-state index is 0.155. The Kier molecular flexibility index (Phi) is 9.22. The summed E-state index contributed by atoms with van der Waals surface area (Å²) in [4.78, 5) is 0. The Morgan fingerprint density at radius 2 is 0.645 bits per heavy atom. The Labute approximate surface area is 450 Å². The summed E-state index contributed by atoms with van der Waals surface area (Å²) in [5, 5.41) is 5.28. The van der Waals surface area contributed by atoms with E-state index in [-0.39, 0.29) is 10.8 Å². The fourth-order valence-corrected chi connectivity index (χ4v) is 15.9. The van der Waals surface area contributed by atoms with Crippen LogP contribution in [0.4, 0.5) is 0 Å². The molecule has 76 heavy (non-hydrogen) atoms. The second-order valence-corrected chi connectivity index (χ2v) is 24.1. The standard InChI is InChI=1S/C72H50N2S2/c1-71(2)59-23-9-5-15-51(59)53-37-35-47(39-61(53)71)73-63(45-31-27-43(28-32-45)49-19-13-21-57-55-17-7-11-25-67(55)75-69(49)57)41-66-65(73)42-64(74(66)48-36-38-54-52-16-6-10-24-60(52)72(3,4)62(54)40-48)46-33-29-44(30-34-46)50-20-14-22-58-56-18-8-12-26-68(56)76-70(50)58/h5-42H,1-4H3. The van der Waals surface area contributed by atoms with E-state index in [2.05, 4.69) is 267 Å². The van der Waals surface area contributed by atoms with Gasteiger partial charge in [0.25, 0.3) is 0 Å². The molecule has 0 atom stereocenters. The number of hydrogen-bond donors (Lipinski definition) is 0. The molecule has 0 fully saturated rings. The predicted molar refractivity (Wildman–Crippen MR) is 325 cm³/mol. The van der Waals surface area contributed by atoms with Crippen LogP contribution in [0.25, 0.3) is 130 Å². The highest BCUT2D eigenvalue weighted by Gasteiger charge is 2.37. The van der Waals surface area contributed by atoms with Crippen LogP contribution in [0.15, 0.2) is 231 Å². The Hall–Kier alpha value is -8.54. The van der Waals surface area contributed by atoms with Crippen LogP contribution in [0, 0.1) is 0 Å². The van der Waals surface area contributed by atoms with E-state index in [0.29, 0.717) is 0 Å². The van der Waals surface area contributed by atoms with Gasteiger partial charge in [0.2, 0.25) is 0 Å². The summed E-state index contributed by atoms with van der Waals surface area (Å²) >= 11 is 3.78. The summed E-state index contributed by atoms with van der Waals surface area (Å²) in [5.74, 6) is 0. The third kappa shape index (κ3) is 6.20. The highest BCUT2D eigenvalue weighted by atomic mass is 32.1. The maximum atomic E-state index is 2.54. The normalized spacial score (nSPS) is 14.0. The third-order valence-corrected chi connectivity index (χ3v) is 19.7. The van der Waals surface area contributed by atoms with Crippen LogP contribution in [-0.4, -0.2) is 9.13 Å². The molecule has 0 amide bonds. The summed E-state index contributed by atoms with van der Waals surface area (Å²) in [7, 11) is 0. The predicted octanol–water partition coefficient (Wildman–Crippen LogP) is 20.4. The van der Waals surface area contributed by atoms with Gasteiger partial charge >= 0.3 is 0 Å². The largest absolute Gasteiger partial charge is 0.308 e. The summed E-state index contributed by atoms with van der Waals surface area (Å²) in [6.45, 7) is 9.54. The van der Waals surface area contributed by atoms with Gasteiger partial charge in [-0.15, -0.1) is 22.7 Å². The molecule has 16 rings (SSSR count). The molecule has 360 valence electrons. The Bertz CT molecular complexity index is 4440. The Morgan fingerprint density at radius 3 is 1.09 bits per heavy atom. The maximum absolute atomic E-state index is 2.54. The lowest BCUT2D eigenvalue weighted by molar-refractivity contribution is 0.659. The van der Waals surface area contributed by atoms with Crippen LogP contribution in [0.3, 0.4) is 0 Å². The lowest BCUT2D eigenvalue weighted by Crippen LogP contribution is -2.15. The van der Waals surface area contributed by atoms with Crippen molar-refractivity contribution < 1.29 is 0 Å².